The fraction of sp³-hybridized carbons (Fsp3) is 0.667. The van der Waals surface area contributed by atoms with Crippen molar-refractivity contribution < 1.29 is 4.79 Å². The summed E-state index contributed by atoms with van der Waals surface area (Å²) < 4.78 is 0. The standard InChI is InChI=1S/C12H22N4OS/c1-5-13-12-14-7-10(18-12)8-16(6-2)9-11(17)15(3)4/h7H,5-6,8-9H2,1-4H3,(H,13,14). The molecule has 18 heavy (non-hydrogen) atoms. The molecule has 0 fully saturated rings. The maximum Gasteiger partial charge on any atom is 0.236 e. The number of anilines is 1. The van der Waals surface area contributed by atoms with Crippen LogP contribution in [-0.4, -0.2) is 54.4 Å². The molecule has 1 amide bonds. The number of amides is 1. The molecule has 0 aliphatic rings. The van der Waals surface area contributed by atoms with Gasteiger partial charge >= 0.3 is 0 Å². The van der Waals surface area contributed by atoms with Crippen molar-refractivity contribution in [2.45, 2.75) is 20.4 Å². The number of likely N-dealkylation sites (N-methyl/N-ethyl adjacent to an activating group) is 2. The Bertz CT molecular complexity index is 378. The number of carbonyl (C=O) groups is 1. The first-order valence-corrected chi connectivity index (χ1v) is 6.99. The maximum atomic E-state index is 11.7. The molecule has 1 rings (SSSR count). The number of aromatic nitrogens is 1. The summed E-state index contributed by atoms with van der Waals surface area (Å²) in [5, 5.41) is 4.14. The highest BCUT2D eigenvalue weighted by Gasteiger charge is 2.12. The zero-order valence-corrected chi connectivity index (χ0v) is 12.4. The van der Waals surface area contributed by atoms with E-state index in [1.807, 2.05) is 6.20 Å². The molecule has 0 bridgehead atoms. The number of nitrogens with zero attached hydrogens (tertiary/aromatic N) is 3. The molecule has 0 aliphatic heterocycles. The van der Waals surface area contributed by atoms with E-state index in [9.17, 15) is 4.79 Å². The van der Waals surface area contributed by atoms with Crippen LogP contribution < -0.4 is 5.32 Å². The Morgan fingerprint density at radius 1 is 1.44 bits per heavy atom. The third-order valence-electron chi connectivity index (χ3n) is 2.57. The SMILES string of the molecule is CCNc1ncc(CN(CC)CC(=O)N(C)C)s1. The predicted molar refractivity (Wildman–Crippen MR) is 75.9 cm³/mol. The normalized spacial score (nSPS) is 10.7. The summed E-state index contributed by atoms with van der Waals surface area (Å²) in [6, 6.07) is 0. The van der Waals surface area contributed by atoms with Gasteiger partial charge in [-0.3, -0.25) is 9.69 Å². The highest BCUT2D eigenvalue weighted by Crippen LogP contribution is 2.19. The smallest absolute Gasteiger partial charge is 0.236 e. The molecule has 102 valence electrons. The Morgan fingerprint density at radius 3 is 2.72 bits per heavy atom. The van der Waals surface area contributed by atoms with Crippen LogP contribution in [0.1, 0.15) is 18.7 Å². The Morgan fingerprint density at radius 2 is 2.17 bits per heavy atom. The maximum absolute atomic E-state index is 11.7. The summed E-state index contributed by atoms with van der Waals surface area (Å²) >= 11 is 1.65. The van der Waals surface area contributed by atoms with Gasteiger partial charge in [0.1, 0.15) is 0 Å². The fourth-order valence-corrected chi connectivity index (χ4v) is 2.37. The monoisotopic (exact) mass is 270 g/mol. The summed E-state index contributed by atoms with van der Waals surface area (Å²) in [5.41, 5.74) is 0. The molecule has 5 nitrogen and oxygen atoms in total. The molecule has 1 N–H and O–H groups in total. The average Bonchev–Trinajstić information content (AvgIpc) is 2.76. The van der Waals surface area contributed by atoms with E-state index >= 15 is 0 Å². The summed E-state index contributed by atoms with van der Waals surface area (Å²) in [6.45, 7) is 7.08. The first kappa shape index (κ1) is 14.9. The number of thiazole rings is 1. The van der Waals surface area contributed by atoms with Gasteiger partial charge in [-0.15, -0.1) is 11.3 Å². The molecule has 0 atom stereocenters. The predicted octanol–water partition coefficient (Wildman–Crippen LogP) is 1.48. The zero-order chi connectivity index (χ0) is 13.5. The van der Waals surface area contributed by atoms with Crippen molar-refractivity contribution in [1.82, 2.24) is 14.8 Å². The summed E-state index contributed by atoms with van der Waals surface area (Å²) in [5.74, 6) is 0.133. The van der Waals surface area contributed by atoms with Crippen LogP contribution >= 0.6 is 11.3 Å². The van der Waals surface area contributed by atoms with Gasteiger partial charge in [-0.25, -0.2) is 4.98 Å². The molecule has 0 radical (unpaired) electrons. The van der Waals surface area contributed by atoms with Crippen LogP contribution in [0.3, 0.4) is 0 Å². The van der Waals surface area contributed by atoms with Crippen LogP contribution in [0.25, 0.3) is 0 Å². The second kappa shape index (κ2) is 7.33. The minimum absolute atomic E-state index is 0.133. The van der Waals surface area contributed by atoms with E-state index in [4.69, 9.17) is 0 Å². The largest absolute Gasteiger partial charge is 0.362 e. The van der Waals surface area contributed by atoms with Gasteiger partial charge in [0.25, 0.3) is 0 Å². The Hall–Kier alpha value is -1.14. The molecule has 1 aromatic heterocycles. The number of carbonyl (C=O) groups excluding carboxylic acids is 1. The van der Waals surface area contributed by atoms with Gasteiger partial charge in [-0.05, 0) is 13.5 Å². The first-order valence-electron chi connectivity index (χ1n) is 6.17. The molecule has 0 aliphatic carbocycles. The lowest BCUT2D eigenvalue weighted by atomic mass is 10.4. The van der Waals surface area contributed by atoms with Crippen LogP contribution in [0.2, 0.25) is 0 Å². The molecule has 0 saturated carbocycles. The van der Waals surface area contributed by atoms with Crippen molar-refractivity contribution >= 4 is 22.4 Å². The van der Waals surface area contributed by atoms with Gasteiger partial charge in [0.05, 0.1) is 6.54 Å². The summed E-state index contributed by atoms with van der Waals surface area (Å²) in [6.07, 6.45) is 1.88. The lowest BCUT2D eigenvalue weighted by Gasteiger charge is -2.20. The average molecular weight is 270 g/mol. The zero-order valence-electron chi connectivity index (χ0n) is 11.6. The van der Waals surface area contributed by atoms with Crippen molar-refractivity contribution in [2.75, 3.05) is 39.0 Å². The van der Waals surface area contributed by atoms with Crippen molar-refractivity contribution in [2.24, 2.45) is 0 Å². The summed E-state index contributed by atoms with van der Waals surface area (Å²) in [4.78, 5) is 20.9. The van der Waals surface area contributed by atoms with E-state index in [1.54, 1.807) is 30.3 Å². The van der Waals surface area contributed by atoms with E-state index in [0.29, 0.717) is 6.54 Å². The molecule has 6 heteroatoms. The Balaban J connectivity index is 2.53. The Labute approximate surface area is 113 Å². The summed E-state index contributed by atoms with van der Waals surface area (Å²) in [7, 11) is 3.57. The quantitative estimate of drug-likeness (QED) is 0.815. The van der Waals surface area contributed by atoms with Gasteiger partial charge in [0.2, 0.25) is 5.91 Å². The van der Waals surface area contributed by atoms with Crippen molar-refractivity contribution in [3.05, 3.63) is 11.1 Å². The van der Waals surface area contributed by atoms with Crippen LogP contribution in [0.15, 0.2) is 6.20 Å². The Kier molecular flexibility index (Phi) is 6.07. The molecular formula is C12H22N4OS. The molecule has 0 aromatic carbocycles. The van der Waals surface area contributed by atoms with E-state index in [0.717, 1.165) is 24.8 Å². The molecule has 1 aromatic rings. The molecular weight excluding hydrogens is 248 g/mol. The van der Waals surface area contributed by atoms with E-state index in [-0.39, 0.29) is 5.91 Å². The lowest BCUT2D eigenvalue weighted by molar-refractivity contribution is -0.130. The topological polar surface area (TPSA) is 48.5 Å². The number of rotatable bonds is 7. The van der Waals surface area contributed by atoms with Crippen LogP contribution in [-0.2, 0) is 11.3 Å². The second-order valence-electron chi connectivity index (χ2n) is 4.25. The highest BCUT2D eigenvalue weighted by atomic mass is 32.1. The molecule has 0 unspecified atom stereocenters. The van der Waals surface area contributed by atoms with Gasteiger partial charge in [0, 0.05) is 38.3 Å². The minimum atomic E-state index is 0.133. The van der Waals surface area contributed by atoms with Crippen molar-refractivity contribution in [1.29, 1.82) is 0 Å². The second-order valence-corrected chi connectivity index (χ2v) is 5.37. The van der Waals surface area contributed by atoms with Gasteiger partial charge in [-0.2, -0.15) is 0 Å². The third kappa shape index (κ3) is 4.62. The van der Waals surface area contributed by atoms with E-state index in [2.05, 4.69) is 29.0 Å². The molecule has 0 saturated heterocycles. The van der Waals surface area contributed by atoms with Gasteiger partial charge < -0.3 is 10.2 Å². The highest BCUT2D eigenvalue weighted by molar-refractivity contribution is 7.15. The first-order chi connectivity index (χ1) is 8.56. The van der Waals surface area contributed by atoms with Gasteiger partial charge in [0.15, 0.2) is 5.13 Å². The van der Waals surface area contributed by atoms with Crippen molar-refractivity contribution in [3.63, 3.8) is 0 Å². The minimum Gasteiger partial charge on any atom is -0.362 e. The lowest BCUT2D eigenvalue weighted by Crippen LogP contribution is -2.36. The molecule has 0 spiro atoms. The number of hydrogen-bond acceptors (Lipinski definition) is 5. The van der Waals surface area contributed by atoms with Crippen molar-refractivity contribution in [3.8, 4) is 0 Å². The van der Waals surface area contributed by atoms with Crippen LogP contribution in [0, 0.1) is 0 Å². The third-order valence-corrected chi connectivity index (χ3v) is 3.51. The van der Waals surface area contributed by atoms with Crippen LogP contribution in [0.5, 0.6) is 0 Å². The van der Waals surface area contributed by atoms with Gasteiger partial charge in [-0.1, -0.05) is 6.92 Å². The van der Waals surface area contributed by atoms with E-state index < -0.39 is 0 Å². The number of nitrogens with one attached hydrogen (secondary N) is 1. The van der Waals surface area contributed by atoms with Crippen LogP contribution in [0.4, 0.5) is 5.13 Å². The fourth-order valence-electron chi connectivity index (χ4n) is 1.45. The number of hydrogen-bond donors (Lipinski definition) is 1. The molecule has 1 heterocycles. The van der Waals surface area contributed by atoms with E-state index in [1.165, 1.54) is 4.88 Å².